The lowest BCUT2D eigenvalue weighted by atomic mass is 10.2. The lowest BCUT2D eigenvalue weighted by Gasteiger charge is -2.13. The Balaban J connectivity index is 2.89. The maximum absolute atomic E-state index is 13.7. The monoisotopic (exact) mass is 317 g/mol. The minimum Gasteiger partial charge on any atom is -0.478 e. The summed E-state index contributed by atoms with van der Waals surface area (Å²) in [5, 5.41) is 10.3. The molecule has 0 saturated carbocycles. The van der Waals surface area contributed by atoms with Crippen molar-refractivity contribution in [3.05, 3.63) is 29.6 Å². The first-order valence-electron chi connectivity index (χ1n) is 6.08. The second-order valence-electron chi connectivity index (χ2n) is 4.17. The molecule has 0 bridgehead atoms. The van der Waals surface area contributed by atoms with Gasteiger partial charge in [0.2, 0.25) is 5.91 Å². The molecule has 0 aromatic heterocycles. The molecule has 1 aromatic rings. The van der Waals surface area contributed by atoms with Crippen molar-refractivity contribution in [2.24, 2.45) is 0 Å². The average molecular weight is 317 g/mol. The summed E-state index contributed by atoms with van der Waals surface area (Å²) in [6, 6.07) is 2.97. The van der Waals surface area contributed by atoms with Crippen molar-refractivity contribution in [3.8, 4) is 0 Å². The van der Waals surface area contributed by atoms with Crippen molar-refractivity contribution in [2.75, 3.05) is 20.3 Å². The zero-order valence-corrected chi connectivity index (χ0v) is 12.4. The summed E-state index contributed by atoms with van der Waals surface area (Å²) in [4.78, 5) is 22.3. The van der Waals surface area contributed by atoms with E-state index in [4.69, 9.17) is 9.84 Å². The summed E-state index contributed by atoms with van der Waals surface area (Å²) in [6.07, 6.45) is 0. The molecule has 0 aliphatic carbocycles. The molecule has 0 aliphatic heterocycles. The van der Waals surface area contributed by atoms with Crippen LogP contribution in [0.15, 0.2) is 23.1 Å². The van der Waals surface area contributed by atoms with Gasteiger partial charge in [0.1, 0.15) is 11.1 Å². The summed E-state index contributed by atoms with van der Waals surface area (Å²) in [5.41, 5.74) is -0.188. The molecule has 2 N–H and O–H groups in total. The molecule has 6 nitrogen and oxygen atoms in total. The number of hydrogen-bond donors (Lipinski definition) is 2. The molecule has 2 unspecified atom stereocenters. The van der Waals surface area contributed by atoms with Gasteiger partial charge in [-0.25, -0.2) is 9.18 Å². The molecule has 21 heavy (non-hydrogen) atoms. The quantitative estimate of drug-likeness (QED) is 0.725. The van der Waals surface area contributed by atoms with Crippen molar-refractivity contribution in [3.63, 3.8) is 0 Å². The number of benzene rings is 1. The number of nitrogens with one attached hydrogen (secondary N) is 1. The fourth-order valence-electron chi connectivity index (χ4n) is 1.50. The third kappa shape index (κ3) is 4.61. The van der Waals surface area contributed by atoms with Crippen LogP contribution in [0.1, 0.15) is 17.3 Å². The maximum Gasteiger partial charge on any atom is 0.335 e. The third-order valence-electron chi connectivity index (χ3n) is 2.69. The van der Waals surface area contributed by atoms with Gasteiger partial charge in [-0.1, -0.05) is 0 Å². The predicted molar refractivity (Wildman–Crippen MR) is 74.1 cm³/mol. The fourth-order valence-corrected chi connectivity index (χ4v) is 2.66. The number of carboxylic acid groups (broad SMARTS) is 1. The molecule has 0 aliphatic rings. The van der Waals surface area contributed by atoms with Crippen molar-refractivity contribution in [2.45, 2.75) is 17.1 Å². The van der Waals surface area contributed by atoms with Crippen LogP contribution in [0.3, 0.4) is 0 Å². The molecule has 1 aromatic carbocycles. The molecule has 0 spiro atoms. The molecule has 1 amide bonds. The SMILES string of the molecule is COCCNC(=O)C(C)S(=O)c1cc(C(=O)O)ccc1F. The number of halogens is 1. The van der Waals surface area contributed by atoms with Gasteiger partial charge in [-0.2, -0.15) is 0 Å². The number of amides is 1. The van der Waals surface area contributed by atoms with E-state index in [0.29, 0.717) is 6.61 Å². The van der Waals surface area contributed by atoms with Crippen LogP contribution in [-0.2, 0) is 20.3 Å². The van der Waals surface area contributed by atoms with E-state index in [1.807, 2.05) is 0 Å². The topological polar surface area (TPSA) is 92.7 Å². The summed E-state index contributed by atoms with van der Waals surface area (Å²) < 4.78 is 30.6. The first-order chi connectivity index (χ1) is 9.88. The fraction of sp³-hybridized carbons (Fsp3) is 0.385. The molecule has 0 saturated heterocycles. The molecule has 1 rings (SSSR count). The van der Waals surface area contributed by atoms with E-state index in [2.05, 4.69) is 5.32 Å². The highest BCUT2D eigenvalue weighted by atomic mass is 32.2. The van der Waals surface area contributed by atoms with E-state index < -0.39 is 33.7 Å². The predicted octanol–water partition coefficient (Wildman–Crippen LogP) is 0.783. The van der Waals surface area contributed by atoms with Gasteiger partial charge >= 0.3 is 5.97 Å². The first kappa shape index (κ1) is 17.3. The Morgan fingerprint density at radius 1 is 1.48 bits per heavy atom. The zero-order valence-electron chi connectivity index (χ0n) is 11.6. The number of carboxylic acids is 1. The average Bonchev–Trinajstić information content (AvgIpc) is 2.46. The number of methoxy groups -OCH3 is 1. The van der Waals surface area contributed by atoms with Gasteiger partial charge in [0.15, 0.2) is 0 Å². The van der Waals surface area contributed by atoms with Crippen LogP contribution in [0, 0.1) is 5.82 Å². The number of rotatable bonds is 7. The Labute approximate surface area is 123 Å². The first-order valence-corrected chi connectivity index (χ1v) is 7.29. The van der Waals surface area contributed by atoms with E-state index in [0.717, 1.165) is 18.2 Å². The summed E-state index contributed by atoms with van der Waals surface area (Å²) in [5.74, 6) is -2.59. The van der Waals surface area contributed by atoms with Crippen LogP contribution in [0.4, 0.5) is 4.39 Å². The number of ether oxygens (including phenoxy) is 1. The molecular weight excluding hydrogens is 301 g/mol. The normalized spacial score (nSPS) is 13.5. The Hall–Kier alpha value is -1.80. The van der Waals surface area contributed by atoms with Crippen LogP contribution in [0.25, 0.3) is 0 Å². The van der Waals surface area contributed by atoms with Crippen molar-refractivity contribution >= 4 is 22.7 Å². The van der Waals surface area contributed by atoms with E-state index in [9.17, 15) is 18.2 Å². The Kier molecular flexibility index (Phi) is 6.44. The molecule has 2 atom stereocenters. The summed E-state index contributed by atoms with van der Waals surface area (Å²) in [6.45, 7) is 1.92. The van der Waals surface area contributed by atoms with E-state index in [1.54, 1.807) is 0 Å². The summed E-state index contributed by atoms with van der Waals surface area (Å²) >= 11 is 0. The smallest absolute Gasteiger partial charge is 0.335 e. The van der Waals surface area contributed by atoms with Crippen molar-refractivity contribution in [1.29, 1.82) is 0 Å². The van der Waals surface area contributed by atoms with Crippen LogP contribution >= 0.6 is 0 Å². The lowest BCUT2D eigenvalue weighted by molar-refractivity contribution is -0.120. The number of carbonyl (C=O) groups excluding carboxylic acids is 1. The van der Waals surface area contributed by atoms with Gasteiger partial charge in [0.05, 0.1) is 27.9 Å². The van der Waals surface area contributed by atoms with E-state index in [1.165, 1.54) is 14.0 Å². The molecule has 116 valence electrons. The highest BCUT2D eigenvalue weighted by Crippen LogP contribution is 2.18. The third-order valence-corrected chi connectivity index (χ3v) is 4.29. The van der Waals surface area contributed by atoms with Crippen LogP contribution in [0.2, 0.25) is 0 Å². The molecular formula is C13H16FNO5S. The lowest BCUT2D eigenvalue weighted by Crippen LogP contribution is -2.37. The number of aromatic carboxylic acids is 1. The molecule has 8 heteroatoms. The standard InChI is InChI=1S/C13H16FNO5S/c1-8(12(16)15-5-6-20-2)21(19)11-7-9(13(17)18)3-4-10(11)14/h3-4,7-8H,5-6H2,1-2H3,(H,15,16)(H,17,18). The van der Waals surface area contributed by atoms with Crippen LogP contribution in [-0.4, -0.2) is 46.7 Å². The van der Waals surface area contributed by atoms with Crippen molar-refractivity contribution < 1.29 is 28.0 Å². The highest BCUT2D eigenvalue weighted by Gasteiger charge is 2.24. The Bertz CT molecular complexity index is 563. The van der Waals surface area contributed by atoms with E-state index in [-0.39, 0.29) is 17.0 Å². The molecule has 0 radical (unpaired) electrons. The van der Waals surface area contributed by atoms with Gasteiger partial charge < -0.3 is 15.2 Å². The van der Waals surface area contributed by atoms with Gasteiger partial charge in [-0.3, -0.25) is 9.00 Å². The molecule has 0 heterocycles. The zero-order chi connectivity index (χ0) is 16.0. The van der Waals surface area contributed by atoms with Gasteiger partial charge in [-0.15, -0.1) is 0 Å². The van der Waals surface area contributed by atoms with Crippen molar-refractivity contribution in [1.82, 2.24) is 5.32 Å². The Morgan fingerprint density at radius 3 is 2.71 bits per heavy atom. The van der Waals surface area contributed by atoms with Gasteiger partial charge in [0, 0.05) is 13.7 Å². The van der Waals surface area contributed by atoms with Gasteiger partial charge in [-0.05, 0) is 25.1 Å². The van der Waals surface area contributed by atoms with Crippen LogP contribution < -0.4 is 5.32 Å². The minimum absolute atomic E-state index is 0.188. The van der Waals surface area contributed by atoms with E-state index >= 15 is 0 Å². The number of carbonyl (C=O) groups is 2. The highest BCUT2D eigenvalue weighted by molar-refractivity contribution is 7.86. The maximum atomic E-state index is 13.7. The second kappa shape index (κ2) is 7.84. The molecule has 0 fully saturated rings. The summed E-state index contributed by atoms with van der Waals surface area (Å²) in [7, 11) is -0.521. The number of hydrogen-bond acceptors (Lipinski definition) is 4. The van der Waals surface area contributed by atoms with Crippen LogP contribution in [0.5, 0.6) is 0 Å². The Morgan fingerprint density at radius 2 is 2.14 bits per heavy atom. The van der Waals surface area contributed by atoms with Gasteiger partial charge in [0.25, 0.3) is 0 Å². The second-order valence-corrected chi connectivity index (χ2v) is 5.92. The largest absolute Gasteiger partial charge is 0.478 e. The minimum atomic E-state index is -1.99.